The van der Waals surface area contributed by atoms with Gasteiger partial charge in [0.15, 0.2) is 0 Å². The Bertz CT molecular complexity index is 514. The highest BCUT2D eigenvalue weighted by atomic mass is 16.1. The second kappa shape index (κ2) is 2.69. The highest BCUT2D eigenvalue weighted by Gasteiger charge is 1.99. The van der Waals surface area contributed by atoms with Crippen LogP contribution in [-0.4, -0.2) is 9.55 Å². The predicted molar refractivity (Wildman–Crippen MR) is 51.7 cm³/mol. The lowest BCUT2D eigenvalue weighted by Gasteiger charge is -2.02. The monoisotopic (exact) mass is 174 g/mol. The van der Waals surface area contributed by atoms with Crippen molar-refractivity contribution in [2.24, 2.45) is 7.05 Å². The molecule has 0 saturated heterocycles. The molecule has 2 heterocycles. The van der Waals surface area contributed by atoms with Gasteiger partial charge in [0, 0.05) is 24.7 Å². The van der Waals surface area contributed by atoms with Gasteiger partial charge in [0.1, 0.15) is 5.65 Å². The summed E-state index contributed by atoms with van der Waals surface area (Å²) in [7, 11) is 1.73. The molecule has 0 unspecified atom stereocenters. The molecule has 0 radical (unpaired) electrons. The molecular weight excluding hydrogens is 164 g/mol. The van der Waals surface area contributed by atoms with Crippen molar-refractivity contribution in [2.45, 2.75) is 6.92 Å². The van der Waals surface area contributed by atoms with Crippen molar-refractivity contribution in [2.75, 3.05) is 0 Å². The Kier molecular flexibility index (Phi) is 1.65. The van der Waals surface area contributed by atoms with E-state index in [1.165, 1.54) is 0 Å². The van der Waals surface area contributed by atoms with E-state index in [-0.39, 0.29) is 5.56 Å². The van der Waals surface area contributed by atoms with Crippen LogP contribution in [0.1, 0.15) is 5.56 Å². The second-order valence-electron chi connectivity index (χ2n) is 3.16. The minimum atomic E-state index is -0.0242. The Labute approximate surface area is 75.7 Å². The topological polar surface area (TPSA) is 34.9 Å². The quantitative estimate of drug-likeness (QED) is 0.602. The van der Waals surface area contributed by atoms with Gasteiger partial charge in [-0.1, -0.05) is 0 Å². The molecule has 2 rings (SSSR count). The molecule has 0 aliphatic rings. The van der Waals surface area contributed by atoms with Crippen LogP contribution >= 0.6 is 0 Å². The molecule has 0 atom stereocenters. The number of hydrogen-bond donors (Lipinski definition) is 0. The normalized spacial score (nSPS) is 10.6. The third-order valence-electron chi connectivity index (χ3n) is 2.09. The van der Waals surface area contributed by atoms with Crippen molar-refractivity contribution in [3.05, 3.63) is 40.3 Å². The van der Waals surface area contributed by atoms with E-state index in [0.717, 1.165) is 16.6 Å². The third-order valence-corrected chi connectivity index (χ3v) is 2.09. The Morgan fingerprint density at radius 3 is 2.92 bits per heavy atom. The van der Waals surface area contributed by atoms with Gasteiger partial charge in [-0.15, -0.1) is 0 Å². The maximum absolute atomic E-state index is 11.2. The molecule has 0 fully saturated rings. The van der Waals surface area contributed by atoms with E-state index in [0.29, 0.717) is 0 Å². The van der Waals surface area contributed by atoms with Gasteiger partial charge in [-0.05, 0) is 24.6 Å². The van der Waals surface area contributed by atoms with Crippen LogP contribution in [0.25, 0.3) is 11.0 Å². The van der Waals surface area contributed by atoms with Crippen molar-refractivity contribution >= 4 is 11.0 Å². The fourth-order valence-electron chi connectivity index (χ4n) is 1.36. The van der Waals surface area contributed by atoms with Crippen molar-refractivity contribution in [3.63, 3.8) is 0 Å². The lowest BCUT2D eigenvalue weighted by molar-refractivity contribution is 0.887. The first-order valence-corrected chi connectivity index (χ1v) is 4.11. The minimum absolute atomic E-state index is 0.0242. The molecule has 2 aromatic heterocycles. The summed E-state index contributed by atoms with van der Waals surface area (Å²) in [6.07, 6.45) is 1.77. The smallest absolute Gasteiger partial charge is 0.251 e. The molecule has 0 N–H and O–H groups in total. The zero-order valence-electron chi connectivity index (χ0n) is 7.61. The molecular formula is C10H10N2O. The summed E-state index contributed by atoms with van der Waals surface area (Å²) in [4.78, 5) is 15.4. The first-order valence-electron chi connectivity index (χ1n) is 4.11. The molecule has 0 spiro atoms. The fraction of sp³-hybridized carbons (Fsp3) is 0.200. The predicted octanol–water partition coefficient (Wildman–Crippen LogP) is 1.24. The van der Waals surface area contributed by atoms with Crippen molar-refractivity contribution < 1.29 is 0 Å². The highest BCUT2D eigenvalue weighted by molar-refractivity contribution is 5.75. The van der Waals surface area contributed by atoms with Gasteiger partial charge in [-0.3, -0.25) is 9.36 Å². The summed E-state index contributed by atoms with van der Waals surface area (Å²) < 4.78 is 1.55. The zero-order valence-corrected chi connectivity index (χ0v) is 7.61. The van der Waals surface area contributed by atoms with E-state index in [9.17, 15) is 4.79 Å². The summed E-state index contributed by atoms with van der Waals surface area (Å²) in [5, 5.41) is 1.00. The highest BCUT2D eigenvalue weighted by Crippen LogP contribution is 2.09. The number of aromatic nitrogens is 2. The average molecular weight is 174 g/mol. The van der Waals surface area contributed by atoms with Gasteiger partial charge in [-0.2, -0.15) is 0 Å². The first-order chi connectivity index (χ1) is 6.18. The number of hydrogen-bond acceptors (Lipinski definition) is 2. The van der Waals surface area contributed by atoms with E-state index < -0.39 is 0 Å². The van der Waals surface area contributed by atoms with Gasteiger partial charge in [0.2, 0.25) is 0 Å². The maximum atomic E-state index is 11.2. The van der Waals surface area contributed by atoms with Gasteiger partial charge in [0.25, 0.3) is 5.56 Å². The van der Waals surface area contributed by atoms with Gasteiger partial charge >= 0.3 is 0 Å². The standard InChI is InChI=1S/C10H10N2O/c1-7-5-8-3-4-9(13)12(2)10(8)11-6-7/h3-6H,1-2H3. The Morgan fingerprint density at radius 2 is 2.15 bits per heavy atom. The molecule has 2 aromatic rings. The maximum Gasteiger partial charge on any atom is 0.251 e. The van der Waals surface area contributed by atoms with Crippen LogP contribution in [0.5, 0.6) is 0 Å². The summed E-state index contributed by atoms with van der Waals surface area (Å²) in [6, 6.07) is 5.38. The molecule has 0 aromatic carbocycles. The van der Waals surface area contributed by atoms with Crippen LogP contribution < -0.4 is 5.56 Å². The van der Waals surface area contributed by atoms with Crippen LogP contribution in [0.15, 0.2) is 29.2 Å². The minimum Gasteiger partial charge on any atom is -0.296 e. The Hall–Kier alpha value is -1.64. The van der Waals surface area contributed by atoms with E-state index >= 15 is 0 Å². The molecule has 0 amide bonds. The van der Waals surface area contributed by atoms with Crippen LogP contribution in [-0.2, 0) is 7.05 Å². The van der Waals surface area contributed by atoms with Crippen molar-refractivity contribution in [1.82, 2.24) is 9.55 Å². The van der Waals surface area contributed by atoms with Crippen LogP contribution in [0.3, 0.4) is 0 Å². The molecule has 3 nitrogen and oxygen atoms in total. The van der Waals surface area contributed by atoms with Crippen LogP contribution in [0.4, 0.5) is 0 Å². The molecule has 3 heteroatoms. The molecule has 0 bridgehead atoms. The third kappa shape index (κ3) is 1.22. The molecule has 0 aliphatic heterocycles. The van der Waals surface area contributed by atoms with Gasteiger partial charge in [-0.25, -0.2) is 4.98 Å². The second-order valence-corrected chi connectivity index (χ2v) is 3.16. The molecule has 0 saturated carbocycles. The van der Waals surface area contributed by atoms with Gasteiger partial charge in [0.05, 0.1) is 0 Å². The summed E-state index contributed by atoms with van der Waals surface area (Å²) in [6.45, 7) is 1.98. The fourth-order valence-corrected chi connectivity index (χ4v) is 1.36. The molecule has 0 aliphatic carbocycles. The lowest BCUT2D eigenvalue weighted by Crippen LogP contribution is -2.15. The Morgan fingerprint density at radius 1 is 1.38 bits per heavy atom. The van der Waals surface area contributed by atoms with E-state index in [1.807, 2.05) is 13.0 Å². The van der Waals surface area contributed by atoms with Crippen molar-refractivity contribution in [1.29, 1.82) is 0 Å². The van der Waals surface area contributed by atoms with E-state index in [1.54, 1.807) is 29.9 Å². The SMILES string of the molecule is Cc1cnc2c(ccc(=O)n2C)c1. The number of aryl methyl sites for hydroxylation is 2. The number of nitrogens with zero attached hydrogens (tertiary/aromatic N) is 2. The van der Waals surface area contributed by atoms with Crippen LogP contribution in [0, 0.1) is 6.92 Å². The van der Waals surface area contributed by atoms with Gasteiger partial charge < -0.3 is 0 Å². The zero-order chi connectivity index (χ0) is 9.42. The number of fused-ring (bicyclic) bond motifs is 1. The Balaban J connectivity index is 2.95. The van der Waals surface area contributed by atoms with E-state index in [2.05, 4.69) is 4.98 Å². The van der Waals surface area contributed by atoms with Crippen molar-refractivity contribution in [3.8, 4) is 0 Å². The number of rotatable bonds is 0. The lowest BCUT2D eigenvalue weighted by atomic mass is 10.2. The van der Waals surface area contributed by atoms with Crippen LogP contribution in [0.2, 0.25) is 0 Å². The largest absolute Gasteiger partial charge is 0.296 e. The molecule has 13 heavy (non-hydrogen) atoms. The first kappa shape index (κ1) is 7.98. The number of pyridine rings is 2. The summed E-state index contributed by atoms with van der Waals surface area (Å²) in [5.74, 6) is 0. The average Bonchev–Trinajstić information content (AvgIpc) is 2.12. The van der Waals surface area contributed by atoms with E-state index in [4.69, 9.17) is 0 Å². The molecule has 66 valence electrons. The summed E-state index contributed by atoms with van der Waals surface area (Å²) in [5.41, 5.74) is 1.81. The summed E-state index contributed by atoms with van der Waals surface area (Å²) >= 11 is 0.